The largest absolute Gasteiger partial charge is 0.490 e. The number of hydrogen-bond donors (Lipinski definition) is 1. The highest BCUT2D eigenvalue weighted by Crippen LogP contribution is 2.25. The van der Waals surface area contributed by atoms with Gasteiger partial charge < -0.3 is 14.7 Å². The fourth-order valence-electron chi connectivity index (χ4n) is 3.79. The van der Waals surface area contributed by atoms with Crippen molar-refractivity contribution >= 4 is 5.91 Å². The van der Waals surface area contributed by atoms with E-state index in [0.29, 0.717) is 19.1 Å². The molecule has 4 heteroatoms. The lowest BCUT2D eigenvalue weighted by Crippen LogP contribution is -2.30. The first-order valence-corrected chi connectivity index (χ1v) is 9.33. The van der Waals surface area contributed by atoms with Crippen LogP contribution in [0.3, 0.4) is 0 Å². The zero-order valence-electron chi connectivity index (χ0n) is 14.6. The van der Waals surface area contributed by atoms with Crippen LogP contribution in [0, 0.1) is 5.92 Å². The van der Waals surface area contributed by atoms with Crippen molar-refractivity contribution in [2.75, 3.05) is 13.1 Å². The van der Waals surface area contributed by atoms with Gasteiger partial charge in [0.15, 0.2) is 0 Å². The average molecular weight is 331 g/mol. The highest BCUT2D eigenvalue weighted by atomic mass is 16.5. The summed E-state index contributed by atoms with van der Waals surface area (Å²) in [4.78, 5) is 14.3. The number of benzene rings is 1. The minimum absolute atomic E-state index is 0.195. The van der Waals surface area contributed by atoms with Gasteiger partial charge in [0, 0.05) is 25.4 Å². The molecule has 4 nitrogen and oxygen atoms in total. The number of likely N-dealkylation sites (tertiary alicyclic amines) is 1. The third kappa shape index (κ3) is 4.50. The van der Waals surface area contributed by atoms with E-state index in [1.165, 1.54) is 12.8 Å². The van der Waals surface area contributed by atoms with E-state index in [9.17, 15) is 9.90 Å². The molecule has 1 heterocycles. The van der Waals surface area contributed by atoms with Crippen LogP contribution in [0.2, 0.25) is 0 Å². The lowest BCUT2D eigenvalue weighted by atomic mass is 10.0. The zero-order valence-corrected chi connectivity index (χ0v) is 14.6. The molecule has 2 fully saturated rings. The summed E-state index contributed by atoms with van der Waals surface area (Å²) < 4.78 is 6.04. The smallest absolute Gasteiger partial charge is 0.222 e. The summed E-state index contributed by atoms with van der Waals surface area (Å²) in [7, 11) is 0. The standard InChI is InChI=1S/C20H29NO3/c1-15(22)17-11-12-21(14-17)20(23)10-9-16-5-4-8-19(13-16)24-18-6-2-3-7-18/h4-5,8,13,15,17-18,22H,2-3,6-7,9-12,14H2,1H3. The first-order valence-electron chi connectivity index (χ1n) is 9.33. The van der Waals surface area contributed by atoms with E-state index < -0.39 is 0 Å². The first-order chi connectivity index (χ1) is 11.6. The summed E-state index contributed by atoms with van der Waals surface area (Å²) in [5.41, 5.74) is 1.16. The summed E-state index contributed by atoms with van der Waals surface area (Å²) in [6.07, 6.45) is 7.06. The molecular weight excluding hydrogens is 302 g/mol. The Bertz CT molecular complexity index is 552. The first kappa shape index (κ1) is 17.3. The average Bonchev–Trinajstić information content (AvgIpc) is 3.24. The summed E-state index contributed by atoms with van der Waals surface area (Å²) in [6, 6.07) is 8.17. The number of ether oxygens (including phenoxy) is 1. The molecule has 1 saturated heterocycles. The van der Waals surface area contributed by atoms with Crippen LogP contribution in [-0.2, 0) is 11.2 Å². The summed E-state index contributed by atoms with van der Waals surface area (Å²) in [6.45, 7) is 3.29. The molecule has 0 bridgehead atoms. The number of rotatable bonds is 6. The number of amides is 1. The van der Waals surface area contributed by atoms with Crippen molar-refractivity contribution < 1.29 is 14.6 Å². The van der Waals surface area contributed by atoms with Crippen LogP contribution in [0.1, 0.15) is 51.0 Å². The molecule has 3 rings (SSSR count). The molecule has 1 saturated carbocycles. The molecule has 2 atom stereocenters. The zero-order chi connectivity index (χ0) is 16.9. The predicted octanol–water partition coefficient (Wildman–Crippen LogP) is 3.17. The van der Waals surface area contributed by atoms with E-state index in [1.807, 2.05) is 24.0 Å². The fraction of sp³-hybridized carbons (Fsp3) is 0.650. The molecule has 1 aromatic rings. The molecule has 1 amide bonds. The minimum Gasteiger partial charge on any atom is -0.490 e. The maximum atomic E-state index is 12.4. The Labute approximate surface area is 144 Å². The lowest BCUT2D eigenvalue weighted by Gasteiger charge is -2.18. The third-order valence-corrected chi connectivity index (χ3v) is 5.39. The fourth-order valence-corrected chi connectivity index (χ4v) is 3.79. The topological polar surface area (TPSA) is 49.8 Å². The quantitative estimate of drug-likeness (QED) is 0.871. The Kier molecular flexibility index (Phi) is 5.77. The van der Waals surface area contributed by atoms with Gasteiger partial charge in [0.2, 0.25) is 5.91 Å². The SMILES string of the molecule is CC(O)C1CCN(C(=O)CCc2cccc(OC3CCCC3)c2)C1. The van der Waals surface area contributed by atoms with Crippen molar-refractivity contribution in [3.05, 3.63) is 29.8 Å². The number of aliphatic hydroxyl groups excluding tert-OH is 1. The Morgan fingerprint density at radius 2 is 2.12 bits per heavy atom. The highest BCUT2D eigenvalue weighted by Gasteiger charge is 2.28. The van der Waals surface area contributed by atoms with Gasteiger partial charge in [0.1, 0.15) is 5.75 Å². The normalized spacial score (nSPS) is 22.8. The van der Waals surface area contributed by atoms with E-state index in [4.69, 9.17) is 4.74 Å². The summed E-state index contributed by atoms with van der Waals surface area (Å²) in [5.74, 6) is 1.36. The van der Waals surface area contributed by atoms with Gasteiger partial charge in [-0.2, -0.15) is 0 Å². The van der Waals surface area contributed by atoms with Gasteiger partial charge in [-0.1, -0.05) is 12.1 Å². The van der Waals surface area contributed by atoms with Crippen LogP contribution in [-0.4, -0.2) is 41.2 Å². The number of carbonyl (C=O) groups is 1. The van der Waals surface area contributed by atoms with Crippen molar-refractivity contribution in [3.63, 3.8) is 0 Å². The van der Waals surface area contributed by atoms with E-state index in [0.717, 1.165) is 43.5 Å². The molecule has 132 valence electrons. The molecule has 0 aromatic heterocycles. The van der Waals surface area contributed by atoms with Crippen LogP contribution < -0.4 is 4.74 Å². The number of aryl methyl sites for hydroxylation is 1. The van der Waals surface area contributed by atoms with Crippen molar-refractivity contribution in [1.29, 1.82) is 0 Å². The molecular formula is C20H29NO3. The molecule has 1 aromatic carbocycles. The molecule has 2 unspecified atom stereocenters. The number of carbonyl (C=O) groups excluding carboxylic acids is 1. The Morgan fingerprint density at radius 1 is 1.33 bits per heavy atom. The maximum absolute atomic E-state index is 12.4. The van der Waals surface area contributed by atoms with E-state index in [2.05, 4.69) is 12.1 Å². The second-order valence-electron chi connectivity index (χ2n) is 7.30. The van der Waals surface area contributed by atoms with E-state index >= 15 is 0 Å². The molecule has 1 N–H and O–H groups in total. The van der Waals surface area contributed by atoms with Crippen LogP contribution in [0.4, 0.5) is 0 Å². The highest BCUT2D eigenvalue weighted by molar-refractivity contribution is 5.76. The summed E-state index contributed by atoms with van der Waals surface area (Å²) >= 11 is 0. The maximum Gasteiger partial charge on any atom is 0.222 e. The Balaban J connectivity index is 1.48. The second-order valence-corrected chi connectivity index (χ2v) is 7.30. The van der Waals surface area contributed by atoms with Crippen molar-refractivity contribution in [3.8, 4) is 5.75 Å². The number of aliphatic hydroxyl groups is 1. The molecule has 2 aliphatic rings. The van der Waals surface area contributed by atoms with Crippen LogP contribution >= 0.6 is 0 Å². The van der Waals surface area contributed by atoms with Crippen molar-refractivity contribution in [1.82, 2.24) is 4.90 Å². The van der Waals surface area contributed by atoms with Gasteiger partial charge in [0.05, 0.1) is 12.2 Å². The van der Waals surface area contributed by atoms with Gasteiger partial charge in [-0.05, 0) is 63.1 Å². The van der Waals surface area contributed by atoms with Gasteiger partial charge in [-0.25, -0.2) is 0 Å². The summed E-state index contributed by atoms with van der Waals surface area (Å²) in [5, 5.41) is 9.66. The van der Waals surface area contributed by atoms with Gasteiger partial charge in [-0.15, -0.1) is 0 Å². The third-order valence-electron chi connectivity index (χ3n) is 5.39. The number of hydrogen-bond acceptors (Lipinski definition) is 3. The molecule has 0 spiro atoms. The van der Waals surface area contributed by atoms with E-state index in [-0.39, 0.29) is 17.9 Å². The van der Waals surface area contributed by atoms with Crippen LogP contribution in [0.5, 0.6) is 5.75 Å². The monoisotopic (exact) mass is 331 g/mol. The lowest BCUT2D eigenvalue weighted by molar-refractivity contribution is -0.130. The molecule has 0 radical (unpaired) electrons. The van der Waals surface area contributed by atoms with Crippen LogP contribution in [0.25, 0.3) is 0 Å². The minimum atomic E-state index is -0.327. The van der Waals surface area contributed by atoms with Crippen molar-refractivity contribution in [2.45, 2.75) is 64.1 Å². The number of nitrogens with zero attached hydrogens (tertiary/aromatic N) is 1. The van der Waals surface area contributed by atoms with Gasteiger partial charge in [0.25, 0.3) is 0 Å². The van der Waals surface area contributed by atoms with Gasteiger partial charge >= 0.3 is 0 Å². The van der Waals surface area contributed by atoms with Crippen LogP contribution in [0.15, 0.2) is 24.3 Å². The molecule has 1 aliphatic heterocycles. The molecule has 1 aliphatic carbocycles. The van der Waals surface area contributed by atoms with Gasteiger partial charge in [-0.3, -0.25) is 4.79 Å². The second kappa shape index (κ2) is 8.02. The van der Waals surface area contributed by atoms with Crippen molar-refractivity contribution in [2.24, 2.45) is 5.92 Å². The van der Waals surface area contributed by atoms with E-state index in [1.54, 1.807) is 0 Å². The predicted molar refractivity (Wildman–Crippen MR) is 94.0 cm³/mol. The Hall–Kier alpha value is -1.55. The Morgan fingerprint density at radius 3 is 2.83 bits per heavy atom. The molecule has 24 heavy (non-hydrogen) atoms.